The molecule has 11 rings (SSSR count). The number of aromatic nitrogens is 2. The molecular weight excluding hydrogens is 605 g/mol. The molecule has 2 heteroatoms. The Labute approximate surface area is 288 Å². The molecule has 0 radical (unpaired) electrons. The molecule has 0 saturated carbocycles. The van der Waals surface area contributed by atoms with Crippen LogP contribution in [-0.2, 0) is 0 Å². The molecule has 0 amide bonds. The number of hydrogen-bond acceptors (Lipinski definition) is 0. The summed E-state index contributed by atoms with van der Waals surface area (Å²) >= 11 is 0. The lowest BCUT2D eigenvalue weighted by Crippen LogP contribution is -1.96. The first-order valence-corrected chi connectivity index (χ1v) is 17.3. The van der Waals surface area contributed by atoms with Crippen molar-refractivity contribution in [3.63, 3.8) is 0 Å². The van der Waals surface area contributed by atoms with Gasteiger partial charge in [-0.25, -0.2) is 0 Å². The first-order valence-electron chi connectivity index (χ1n) is 17.3. The second kappa shape index (κ2) is 10.4. The van der Waals surface area contributed by atoms with Crippen molar-refractivity contribution in [3.05, 3.63) is 182 Å². The van der Waals surface area contributed by atoms with Crippen LogP contribution in [0.15, 0.2) is 182 Å². The average molecular weight is 635 g/mol. The third-order valence-corrected chi connectivity index (χ3v) is 10.7. The fourth-order valence-corrected chi connectivity index (χ4v) is 8.52. The summed E-state index contributed by atoms with van der Waals surface area (Å²) in [5.41, 5.74) is 9.62. The van der Waals surface area contributed by atoms with Crippen molar-refractivity contribution in [2.75, 3.05) is 0 Å². The second-order valence-corrected chi connectivity index (χ2v) is 13.3. The van der Waals surface area contributed by atoms with Gasteiger partial charge in [-0.05, 0) is 85.9 Å². The highest BCUT2D eigenvalue weighted by Gasteiger charge is 2.21. The van der Waals surface area contributed by atoms with Gasteiger partial charge in [-0.2, -0.15) is 0 Å². The number of rotatable bonds is 3. The van der Waals surface area contributed by atoms with Crippen LogP contribution in [-0.4, -0.2) is 9.13 Å². The summed E-state index contributed by atoms with van der Waals surface area (Å²) in [6.45, 7) is 0. The Morgan fingerprint density at radius 1 is 0.260 bits per heavy atom. The molecule has 0 bridgehead atoms. The van der Waals surface area contributed by atoms with E-state index >= 15 is 0 Å². The molecule has 2 heterocycles. The fourth-order valence-electron chi connectivity index (χ4n) is 8.52. The standard InChI is InChI=1S/C48H30N2/c1-2-12-31(13-3-1)32-22-24-33(25-23-32)50-44-20-10-8-18-40(44)41-28-29-46-47(48(41)50)42-19-9-11-21-45(42)49(46)34-26-27-39-37-16-5-4-14-35(37)36-15-6-7-17-38(36)43(39)30-34/h1-30H. The zero-order chi connectivity index (χ0) is 32.8. The van der Waals surface area contributed by atoms with Gasteiger partial charge in [0.15, 0.2) is 0 Å². The quantitative estimate of drug-likeness (QED) is 0.171. The van der Waals surface area contributed by atoms with Crippen LogP contribution < -0.4 is 0 Å². The molecular formula is C48H30N2. The molecule has 0 spiro atoms. The van der Waals surface area contributed by atoms with Crippen molar-refractivity contribution in [2.45, 2.75) is 0 Å². The number of nitrogens with zero attached hydrogens (tertiary/aromatic N) is 2. The summed E-state index contributed by atoms with van der Waals surface area (Å²) in [5, 5.41) is 12.8. The van der Waals surface area contributed by atoms with E-state index in [0.717, 1.165) is 5.69 Å². The Bertz CT molecular complexity index is 3090. The summed E-state index contributed by atoms with van der Waals surface area (Å²) < 4.78 is 4.94. The maximum absolute atomic E-state index is 2.47. The zero-order valence-electron chi connectivity index (χ0n) is 27.2. The Morgan fingerprint density at radius 2 is 0.740 bits per heavy atom. The van der Waals surface area contributed by atoms with Crippen LogP contribution in [0.25, 0.3) is 98.4 Å². The van der Waals surface area contributed by atoms with Gasteiger partial charge in [0.1, 0.15) is 0 Å². The van der Waals surface area contributed by atoms with E-state index in [-0.39, 0.29) is 0 Å². The molecule has 0 saturated heterocycles. The predicted octanol–water partition coefficient (Wildman–Crippen LogP) is 13.0. The first-order chi connectivity index (χ1) is 24.8. The van der Waals surface area contributed by atoms with Crippen LogP contribution in [0.5, 0.6) is 0 Å². The number of hydrogen-bond donors (Lipinski definition) is 0. The Morgan fingerprint density at radius 3 is 1.42 bits per heavy atom. The van der Waals surface area contributed by atoms with Crippen LogP contribution in [0, 0.1) is 0 Å². The van der Waals surface area contributed by atoms with Gasteiger partial charge in [-0.15, -0.1) is 0 Å². The largest absolute Gasteiger partial charge is 0.309 e. The summed E-state index contributed by atoms with van der Waals surface area (Å²) in [4.78, 5) is 0. The summed E-state index contributed by atoms with van der Waals surface area (Å²) in [6.07, 6.45) is 0. The van der Waals surface area contributed by atoms with Crippen LogP contribution in [0.4, 0.5) is 0 Å². The second-order valence-electron chi connectivity index (χ2n) is 13.3. The van der Waals surface area contributed by atoms with Gasteiger partial charge < -0.3 is 9.13 Å². The molecule has 0 fully saturated rings. The zero-order valence-corrected chi connectivity index (χ0v) is 27.2. The maximum atomic E-state index is 2.47. The van der Waals surface area contributed by atoms with Crippen molar-refractivity contribution in [3.8, 4) is 22.5 Å². The van der Waals surface area contributed by atoms with Gasteiger partial charge in [0, 0.05) is 32.9 Å². The third kappa shape index (κ3) is 3.79. The minimum Gasteiger partial charge on any atom is -0.309 e. The third-order valence-electron chi connectivity index (χ3n) is 10.7. The maximum Gasteiger partial charge on any atom is 0.0641 e. The van der Waals surface area contributed by atoms with Gasteiger partial charge in [-0.3, -0.25) is 0 Å². The van der Waals surface area contributed by atoms with Crippen LogP contribution in [0.3, 0.4) is 0 Å². The van der Waals surface area contributed by atoms with E-state index in [0.29, 0.717) is 0 Å². The molecule has 232 valence electrons. The monoisotopic (exact) mass is 634 g/mol. The van der Waals surface area contributed by atoms with Gasteiger partial charge in [0.25, 0.3) is 0 Å². The van der Waals surface area contributed by atoms with Gasteiger partial charge in [-0.1, -0.05) is 140 Å². The highest BCUT2D eigenvalue weighted by Crippen LogP contribution is 2.43. The Balaban J connectivity index is 1.23. The predicted molar refractivity (Wildman–Crippen MR) is 213 cm³/mol. The molecule has 50 heavy (non-hydrogen) atoms. The van der Waals surface area contributed by atoms with Crippen molar-refractivity contribution in [1.82, 2.24) is 9.13 Å². The SMILES string of the molecule is c1ccc(-c2ccc(-n3c4ccccc4c4ccc5c(c6ccccc6n5-c5ccc6c7ccccc7c7ccccc7c6c5)c43)cc2)cc1. The van der Waals surface area contributed by atoms with Crippen LogP contribution >= 0.6 is 0 Å². The van der Waals surface area contributed by atoms with Crippen molar-refractivity contribution >= 4 is 75.9 Å². The van der Waals surface area contributed by atoms with E-state index in [1.165, 1.54) is 92.7 Å². The van der Waals surface area contributed by atoms with E-state index in [1.807, 2.05) is 0 Å². The summed E-state index contributed by atoms with van der Waals surface area (Å²) in [7, 11) is 0. The topological polar surface area (TPSA) is 9.86 Å². The minimum atomic E-state index is 1.16. The molecule has 2 nitrogen and oxygen atoms in total. The lowest BCUT2D eigenvalue weighted by Gasteiger charge is -2.14. The van der Waals surface area contributed by atoms with Crippen molar-refractivity contribution in [1.29, 1.82) is 0 Å². The minimum absolute atomic E-state index is 1.16. The molecule has 9 aromatic carbocycles. The Hall–Kier alpha value is -6.64. The number of fused-ring (bicyclic) bond motifs is 13. The smallest absolute Gasteiger partial charge is 0.0641 e. The van der Waals surface area contributed by atoms with Gasteiger partial charge in [0.05, 0.1) is 22.1 Å². The summed E-state index contributed by atoms with van der Waals surface area (Å²) in [6, 6.07) is 66.7. The normalized spacial score (nSPS) is 12.0. The van der Waals surface area contributed by atoms with Gasteiger partial charge >= 0.3 is 0 Å². The van der Waals surface area contributed by atoms with Crippen LogP contribution in [0.2, 0.25) is 0 Å². The highest BCUT2D eigenvalue weighted by molar-refractivity contribution is 6.27. The van der Waals surface area contributed by atoms with Crippen molar-refractivity contribution in [2.24, 2.45) is 0 Å². The highest BCUT2D eigenvalue weighted by atomic mass is 15.0. The lowest BCUT2D eigenvalue weighted by molar-refractivity contribution is 1.18. The molecule has 0 N–H and O–H groups in total. The van der Waals surface area contributed by atoms with E-state index in [4.69, 9.17) is 0 Å². The summed E-state index contributed by atoms with van der Waals surface area (Å²) in [5.74, 6) is 0. The molecule has 2 aromatic heterocycles. The number of para-hydroxylation sites is 2. The molecule has 0 aliphatic heterocycles. The Kier molecular flexibility index (Phi) is 5.70. The molecule has 11 aromatic rings. The number of benzene rings is 9. The van der Waals surface area contributed by atoms with E-state index in [2.05, 4.69) is 191 Å². The van der Waals surface area contributed by atoms with Gasteiger partial charge in [0.2, 0.25) is 0 Å². The first kappa shape index (κ1) is 27.3. The average Bonchev–Trinajstić information content (AvgIpc) is 3.71. The van der Waals surface area contributed by atoms with Crippen molar-refractivity contribution < 1.29 is 0 Å². The molecule has 0 aliphatic rings. The lowest BCUT2D eigenvalue weighted by atomic mass is 9.94. The van der Waals surface area contributed by atoms with E-state index < -0.39 is 0 Å². The molecule has 0 aliphatic carbocycles. The molecule has 0 atom stereocenters. The molecule has 0 unspecified atom stereocenters. The van der Waals surface area contributed by atoms with Crippen LogP contribution in [0.1, 0.15) is 0 Å². The van der Waals surface area contributed by atoms with E-state index in [9.17, 15) is 0 Å². The van der Waals surface area contributed by atoms with E-state index in [1.54, 1.807) is 0 Å². The fraction of sp³-hybridized carbons (Fsp3) is 0.